The number of carbonyl (C=O) groups excluding carboxylic acids is 1. The van der Waals surface area contributed by atoms with E-state index in [-0.39, 0.29) is 31.4 Å². The van der Waals surface area contributed by atoms with Crippen molar-refractivity contribution in [3.63, 3.8) is 0 Å². The molecule has 0 saturated carbocycles. The lowest BCUT2D eigenvalue weighted by atomic mass is 9.73. The zero-order chi connectivity index (χ0) is 44.6. The van der Waals surface area contributed by atoms with Crippen LogP contribution in [-0.2, 0) is 42.8 Å². The van der Waals surface area contributed by atoms with Gasteiger partial charge >= 0.3 is 5.97 Å². The molecule has 3 saturated heterocycles. The van der Waals surface area contributed by atoms with Gasteiger partial charge < -0.3 is 63.3 Å². The first-order valence-electron chi connectivity index (χ1n) is 22.1. The molecule has 346 valence electrons. The number of unbranched alkanes of at least 4 members (excludes halogenated alkanes) is 3. The van der Waals surface area contributed by atoms with Crippen LogP contribution < -0.4 is 0 Å². The van der Waals surface area contributed by atoms with Gasteiger partial charge in [0.05, 0.1) is 53.4 Å². The van der Waals surface area contributed by atoms with Gasteiger partial charge in [-0.2, -0.15) is 0 Å². The van der Waals surface area contributed by atoms with Gasteiger partial charge in [0.1, 0.15) is 30.5 Å². The Labute approximate surface area is 354 Å². The highest BCUT2D eigenvalue weighted by Gasteiger charge is 2.54. The summed E-state index contributed by atoms with van der Waals surface area (Å²) < 4.78 is 44.8. The van der Waals surface area contributed by atoms with Crippen LogP contribution in [0.1, 0.15) is 128 Å². The van der Waals surface area contributed by atoms with Crippen LogP contribution in [0.5, 0.6) is 0 Å². The van der Waals surface area contributed by atoms with Crippen LogP contribution >= 0.6 is 0 Å². The topological polar surface area (TPSA) is 187 Å². The second-order valence-electron chi connectivity index (χ2n) is 18.6. The van der Waals surface area contributed by atoms with Crippen LogP contribution in [-0.4, -0.2) is 156 Å². The minimum atomic E-state index is -1.89. The van der Waals surface area contributed by atoms with E-state index in [0.717, 1.165) is 25.7 Å². The molecule has 0 spiro atoms. The maximum atomic E-state index is 14.4. The molecule has 15 heteroatoms. The Bertz CT molecular complexity index is 1320. The second kappa shape index (κ2) is 22.2. The molecule has 0 aromatic carbocycles. The van der Waals surface area contributed by atoms with Crippen LogP contribution in [0.3, 0.4) is 0 Å². The summed E-state index contributed by atoms with van der Waals surface area (Å²) in [6.45, 7) is 20.5. The molecule has 3 fully saturated rings. The summed E-state index contributed by atoms with van der Waals surface area (Å²) in [5.74, 6) is -3.48. The molecule has 3 heterocycles. The first-order valence-corrected chi connectivity index (χ1v) is 22.1. The first kappa shape index (κ1) is 51.8. The summed E-state index contributed by atoms with van der Waals surface area (Å²) in [5, 5.41) is 51.5. The Morgan fingerprint density at radius 2 is 1.49 bits per heavy atom. The van der Waals surface area contributed by atoms with Crippen molar-refractivity contribution >= 4 is 11.7 Å². The number of likely N-dealkylation sites (N-methyl/N-ethyl adjacent to an activating group) is 1. The van der Waals surface area contributed by atoms with Gasteiger partial charge in [-0.3, -0.25) is 4.79 Å². The summed E-state index contributed by atoms with van der Waals surface area (Å²) in [4.78, 5) is 22.3. The third-order valence-corrected chi connectivity index (χ3v) is 13.6. The van der Waals surface area contributed by atoms with Gasteiger partial charge in [-0.1, -0.05) is 52.6 Å². The highest BCUT2D eigenvalue weighted by atomic mass is 16.7. The van der Waals surface area contributed by atoms with E-state index in [0.29, 0.717) is 18.7 Å². The molecule has 0 aromatic rings. The quantitative estimate of drug-likeness (QED) is 0.106. The van der Waals surface area contributed by atoms with E-state index in [1.807, 2.05) is 46.7 Å². The van der Waals surface area contributed by atoms with E-state index in [4.69, 9.17) is 38.0 Å². The third kappa shape index (κ3) is 12.4. The van der Waals surface area contributed by atoms with E-state index in [1.54, 1.807) is 41.7 Å². The van der Waals surface area contributed by atoms with Crippen molar-refractivity contribution in [1.82, 2.24) is 4.90 Å². The molecule has 0 amide bonds. The molecular formula is C44H82N2O13. The summed E-state index contributed by atoms with van der Waals surface area (Å²) in [7, 11) is 6.92. The lowest BCUT2D eigenvalue weighted by Gasteiger charge is -2.50. The lowest BCUT2D eigenvalue weighted by Crippen LogP contribution is -2.61. The van der Waals surface area contributed by atoms with E-state index < -0.39 is 102 Å². The predicted molar refractivity (Wildman–Crippen MR) is 224 cm³/mol. The smallest absolute Gasteiger partial charge is 0.311 e. The summed E-state index contributed by atoms with van der Waals surface area (Å²) in [6.07, 6.45) is -4.15. The van der Waals surface area contributed by atoms with Crippen molar-refractivity contribution in [3.05, 3.63) is 0 Å². The number of oxime groups is 1. The van der Waals surface area contributed by atoms with Gasteiger partial charge in [0.2, 0.25) is 0 Å². The minimum absolute atomic E-state index is 0.144. The van der Waals surface area contributed by atoms with Crippen LogP contribution in [0.25, 0.3) is 0 Å². The molecule has 18 atom stereocenters. The number of esters is 1. The molecule has 15 nitrogen and oxygen atoms in total. The largest absolute Gasteiger partial charge is 0.459 e. The predicted octanol–water partition coefficient (Wildman–Crippen LogP) is 4.82. The fourth-order valence-electron chi connectivity index (χ4n) is 9.48. The Balaban J connectivity index is 2.26. The zero-order valence-electron chi connectivity index (χ0n) is 38.9. The van der Waals surface area contributed by atoms with Gasteiger partial charge in [0.25, 0.3) is 0 Å². The molecule has 1 unspecified atom stereocenters. The zero-order valence-corrected chi connectivity index (χ0v) is 38.9. The highest BCUT2D eigenvalue weighted by molar-refractivity contribution is 5.88. The number of aliphatic hydroxyl groups is 4. The monoisotopic (exact) mass is 847 g/mol. The van der Waals surface area contributed by atoms with Crippen molar-refractivity contribution in [3.8, 4) is 0 Å². The Morgan fingerprint density at radius 1 is 0.847 bits per heavy atom. The Morgan fingerprint density at radius 3 is 2.07 bits per heavy atom. The Hall–Kier alpha value is -1.50. The molecule has 0 aromatic heterocycles. The van der Waals surface area contributed by atoms with Crippen molar-refractivity contribution < 1.29 is 63.2 Å². The Kier molecular flexibility index (Phi) is 19.5. The third-order valence-electron chi connectivity index (χ3n) is 13.6. The minimum Gasteiger partial charge on any atom is -0.459 e. The molecular weight excluding hydrogens is 764 g/mol. The van der Waals surface area contributed by atoms with Gasteiger partial charge in [0, 0.05) is 44.4 Å². The summed E-state index contributed by atoms with van der Waals surface area (Å²) in [5.41, 5.74) is -3.59. The van der Waals surface area contributed by atoms with Crippen LogP contribution in [0.15, 0.2) is 5.16 Å². The fourth-order valence-corrected chi connectivity index (χ4v) is 9.48. The molecule has 3 rings (SSSR count). The van der Waals surface area contributed by atoms with Crippen molar-refractivity contribution in [2.75, 3.05) is 34.9 Å². The molecule has 0 bridgehead atoms. The number of hydrogen-bond acceptors (Lipinski definition) is 15. The maximum Gasteiger partial charge on any atom is 0.311 e. The fraction of sp³-hybridized carbons (Fsp3) is 0.955. The van der Waals surface area contributed by atoms with Crippen LogP contribution in [0, 0.1) is 23.7 Å². The molecule has 0 radical (unpaired) electrons. The van der Waals surface area contributed by atoms with Crippen LogP contribution in [0.4, 0.5) is 0 Å². The van der Waals surface area contributed by atoms with Gasteiger partial charge in [-0.15, -0.1) is 0 Å². The van der Waals surface area contributed by atoms with E-state index >= 15 is 0 Å². The average molecular weight is 847 g/mol. The maximum absolute atomic E-state index is 14.4. The number of ether oxygens (including phenoxy) is 7. The summed E-state index contributed by atoms with van der Waals surface area (Å²) >= 11 is 0. The van der Waals surface area contributed by atoms with Gasteiger partial charge in [0.15, 0.2) is 12.6 Å². The number of rotatable bonds is 14. The molecule has 3 aliphatic heterocycles. The standard InChI is InChI=1S/C44H82N2O13/c1-16-18-19-20-21-54-45-34-25(3)23-43(10,53-15)39(59-41-35(47)31(46(12)13)22-26(4)55-41)28(6)36(58-33-24-42(9,52-14)38(49)30(8)56-33)29(7)40(50)57-32(17-2)44(11,51)37(48)27(34)5/h25-33,35-39,41,47-49,51H,16-24H2,1-15H3/b45-34+/t25-,26-,27+,28+,29-,30+,31+,32-,33+,35-,36+,37-,38+,39?,41+,42-,43-,44-/m1/s1. The highest BCUT2D eigenvalue weighted by Crippen LogP contribution is 2.42. The molecule has 4 N–H and O–H groups in total. The molecule has 0 aliphatic carbocycles. The lowest BCUT2D eigenvalue weighted by molar-refractivity contribution is -0.319. The number of hydrogen-bond donors (Lipinski definition) is 4. The number of carbonyl (C=O) groups is 1. The van der Waals surface area contributed by atoms with Crippen molar-refractivity contribution in [2.45, 2.75) is 212 Å². The van der Waals surface area contributed by atoms with E-state index in [1.165, 1.54) is 14.0 Å². The van der Waals surface area contributed by atoms with Crippen molar-refractivity contribution in [2.24, 2.45) is 28.8 Å². The second-order valence-corrected chi connectivity index (χ2v) is 18.6. The number of methoxy groups -OCH3 is 2. The first-order chi connectivity index (χ1) is 27.5. The van der Waals surface area contributed by atoms with E-state index in [9.17, 15) is 25.2 Å². The van der Waals surface area contributed by atoms with E-state index in [2.05, 4.69) is 12.1 Å². The molecule has 59 heavy (non-hydrogen) atoms. The normalized spacial score (nSPS) is 45.3. The van der Waals surface area contributed by atoms with Crippen LogP contribution in [0.2, 0.25) is 0 Å². The summed E-state index contributed by atoms with van der Waals surface area (Å²) in [6, 6.07) is -0.268. The SMILES string of the molecule is CCCCCCO/N=C1\[C@H](C)C[C@@](C)(OC)C(O[C@@H]2O[C@H](C)C[C@H](N(C)C)[C@H]2O)[C@@H](C)[C@H](O[C@H]2C[C@@](C)(OC)[C@@H](O)[C@H](C)O2)[C@@H](C)C(=O)O[C@H](CC)[C@@](C)(O)[C@H](O)[C@H]1C. The number of aliphatic hydroxyl groups excluding tert-OH is 3. The molecule has 3 aliphatic rings. The van der Waals surface area contributed by atoms with Gasteiger partial charge in [-0.05, 0) is 87.7 Å². The number of nitrogens with zero attached hydrogens (tertiary/aromatic N) is 2. The number of cyclic esters (lactones) is 1. The van der Waals surface area contributed by atoms with Crippen molar-refractivity contribution in [1.29, 1.82) is 0 Å². The van der Waals surface area contributed by atoms with Gasteiger partial charge in [-0.25, -0.2) is 0 Å². The average Bonchev–Trinajstić information content (AvgIpc) is 3.18.